The summed E-state index contributed by atoms with van der Waals surface area (Å²) in [5.74, 6) is 0.235. The molecule has 0 aliphatic carbocycles. The Bertz CT molecular complexity index is 1100. The molecule has 0 fully saturated rings. The third-order valence-corrected chi connectivity index (χ3v) is 5.16. The Balaban J connectivity index is 1.67. The minimum atomic E-state index is -0.252. The summed E-state index contributed by atoms with van der Waals surface area (Å²) < 4.78 is 1.72. The first-order valence-corrected chi connectivity index (χ1v) is 10.3. The topological polar surface area (TPSA) is 72.7 Å². The summed E-state index contributed by atoms with van der Waals surface area (Å²) in [6.07, 6.45) is 2.60. The lowest BCUT2D eigenvalue weighted by molar-refractivity contribution is 0.102. The highest BCUT2D eigenvalue weighted by atomic mass is 32.1. The molecule has 4 rings (SSSR count). The second kappa shape index (κ2) is 8.36. The van der Waals surface area contributed by atoms with E-state index in [4.69, 9.17) is 0 Å². The van der Waals surface area contributed by atoms with Gasteiger partial charge in [0, 0.05) is 18.2 Å². The fourth-order valence-electron chi connectivity index (χ4n) is 2.96. The highest BCUT2D eigenvalue weighted by Crippen LogP contribution is 2.25. The molecule has 1 N–H and O–H groups in total. The van der Waals surface area contributed by atoms with Crippen LogP contribution >= 0.6 is 11.3 Å². The molecule has 0 saturated carbocycles. The number of nitrogens with zero attached hydrogens (tertiary/aromatic N) is 4. The molecule has 0 atom stereocenters. The smallest absolute Gasteiger partial charge is 0.261 e. The second-order valence-corrected chi connectivity index (χ2v) is 8.15. The van der Waals surface area contributed by atoms with Crippen LogP contribution in [0.3, 0.4) is 0 Å². The van der Waals surface area contributed by atoms with E-state index in [9.17, 15) is 4.79 Å². The predicted molar refractivity (Wildman–Crippen MR) is 115 cm³/mol. The van der Waals surface area contributed by atoms with Gasteiger partial charge in [0.2, 0.25) is 5.13 Å². The molecule has 2 heterocycles. The van der Waals surface area contributed by atoms with Gasteiger partial charge in [0.15, 0.2) is 0 Å². The number of hydrogen-bond donors (Lipinski definition) is 1. The van der Waals surface area contributed by atoms with Crippen LogP contribution in [0.2, 0.25) is 0 Å². The molecule has 0 bridgehead atoms. The molecule has 29 heavy (non-hydrogen) atoms. The number of hydrogen-bond acceptors (Lipinski definition) is 5. The molecule has 2 aromatic heterocycles. The summed E-state index contributed by atoms with van der Waals surface area (Å²) in [5, 5.41) is 17.3. The molecule has 1 amide bonds. The first kappa shape index (κ1) is 19.0. The van der Waals surface area contributed by atoms with Crippen LogP contribution < -0.4 is 5.32 Å². The van der Waals surface area contributed by atoms with Crippen molar-refractivity contribution in [3.05, 3.63) is 77.4 Å². The van der Waals surface area contributed by atoms with Gasteiger partial charge in [0.25, 0.3) is 5.91 Å². The second-order valence-electron chi connectivity index (χ2n) is 7.09. The molecular weight excluding hydrogens is 382 g/mol. The lowest BCUT2D eigenvalue weighted by Crippen LogP contribution is -2.12. The van der Waals surface area contributed by atoms with Crippen LogP contribution in [0.5, 0.6) is 0 Å². The van der Waals surface area contributed by atoms with E-state index < -0.39 is 0 Å². The lowest BCUT2D eigenvalue weighted by Gasteiger charge is -2.02. The zero-order valence-electron chi connectivity index (χ0n) is 16.2. The van der Waals surface area contributed by atoms with Crippen molar-refractivity contribution in [3.63, 3.8) is 0 Å². The number of carbonyl (C=O) groups is 1. The monoisotopic (exact) mass is 403 g/mol. The highest BCUT2D eigenvalue weighted by Gasteiger charge is 2.20. The molecule has 146 valence electrons. The van der Waals surface area contributed by atoms with E-state index in [1.165, 1.54) is 11.3 Å². The van der Waals surface area contributed by atoms with E-state index in [-0.39, 0.29) is 5.91 Å². The summed E-state index contributed by atoms with van der Waals surface area (Å²) in [5.41, 5.74) is 2.88. The third-order valence-electron chi connectivity index (χ3n) is 4.30. The van der Waals surface area contributed by atoms with Crippen LogP contribution in [0.15, 0.2) is 66.9 Å². The molecule has 0 radical (unpaired) electrons. The number of benzene rings is 2. The third kappa shape index (κ3) is 4.41. The van der Waals surface area contributed by atoms with Crippen molar-refractivity contribution >= 4 is 22.4 Å². The van der Waals surface area contributed by atoms with Crippen LogP contribution in [-0.2, 0) is 6.42 Å². The standard InChI is InChI=1S/C22H21N5OS/c1-15(2)13-19-24-25-22(29-19)23-21(28)18-14-27(17-11-7-4-8-12-17)26-20(18)16-9-5-3-6-10-16/h3-12,14-15H,13H2,1-2H3,(H,23,25,28). The van der Waals surface area contributed by atoms with E-state index in [0.29, 0.717) is 22.3 Å². The molecule has 0 aliphatic rings. The fourth-order valence-corrected chi connectivity index (χ4v) is 3.91. The van der Waals surface area contributed by atoms with Gasteiger partial charge in [-0.3, -0.25) is 10.1 Å². The van der Waals surface area contributed by atoms with Crippen molar-refractivity contribution < 1.29 is 4.79 Å². The van der Waals surface area contributed by atoms with Crippen molar-refractivity contribution in [1.82, 2.24) is 20.0 Å². The molecule has 0 saturated heterocycles. The Hall–Kier alpha value is -3.32. The van der Waals surface area contributed by atoms with Gasteiger partial charge in [-0.15, -0.1) is 10.2 Å². The molecule has 7 heteroatoms. The van der Waals surface area contributed by atoms with Crippen molar-refractivity contribution in [1.29, 1.82) is 0 Å². The normalized spacial score (nSPS) is 11.0. The zero-order valence-corrected chi connectivity index (χ0v) is 17.1. The van der Waals surface area contributed by atoms with Gasteiger partial charge in [0.05, 0.1) is 11.3 Å². The molecule has 2 aromatic carbocycles. The van der Waals surface area contributed by atoms with Crippen LogP contribution in [0.4, 0.5) is 5.13 Å². The van der Waals surface area contributed by atoms with Crippen molar-refractivity contribution in [3.8, 4) is 16.9 Å². The Kier molecular flexibility index (Phi) is 5.48. The average Bonchev–Trinajstić information content (AvgIpc) is 3.36. The van der Waals surface area contributed by atoms with E-state index in [1.54, 1.807) is 10.9 Å². The Morgan fingerprint density at radius 1 is 1.03 bits per heavy atom. The first-order chi connectivity index (χ1) is 14.1. The van der Waals surface area contributed by atoms with Gasteiger partial charge < -0.3 is 0 Å². The summed E-state index contributed by atoms with van der Waals surface area (Å²) in [6, 6.07) is 19.4. The maximum absolute atomic E-state index is 13.1. The highest BCUT2D eigenvalue weighted by molar-refractivity contribution is 7.15. The van der Waals surface area contributed by atoms with Gasteiger partial charge in [-0.25, -0.2) is 4.68 Å². The van der Waals surface area contributed by atoms with Crippen LogP contribution in [0.1, 0.15) is 29.2 Å². The maximum atomic E-state index is 13.1. The van der Waals surface area contributed by atoms with Gasteiger partial charge in [-0.1, -0.05) is 73.7 Å². The molecule has 0 unspecified atom stereocenters. The Morgan fingerprint density at radius 3 is 2.41 bits per heavy atom. The zero-order chi connectivity index (χ0) is 20.2. The van der Waals surface area contributed by atoms with E-state index in [1.807, 2.05) is 60.7 Å². The summed E-state index contributed by atoms with van der Waals surface area (Å²) in [6.45, 7) is 4.26. The first-order valence-electron chi connectivity index (χ1n) is 9.44. The van der Waals surface area contributed by atoms with Crippen molar-refractivity contribution in [2.45, 2.75) is 20.3 Å². The van der Waals surface area contributed by atoms with Gasteiger partial charge in [0.1, 0.15) is 10.7 Å². The number of para-hydroxylation sites is 1. The SMILES string of the molecule is CC(C)Cc1nnc(NC(=O)c2cn(-c3ccccc3)nc2-c2ccccc2)s1. The molecule has 0 spiro atoms. The maximum Gasteiger partial charge on any atom is 0.261 e. The number of amides is 1. The molecule has 0 aliphatic heterocycles. The fraction of sp³-hybridized carbons (Fsp3) is 0.182. The number of nitrogens with one attached hydrogen (secondary N) is 1. The van der Waals surface area contributed by atoms with Gasteiger partial charge in [-0.2, -0.15) is 5.10 Å². The van der Waals surface area contributed by atoms with Crippen LogP contribution in [0, 0.1) is 5.92 Å². The van der Waals surface area contributed by atoms with Crippen molar-refractivity contribution in [2.75, 3.05) is 5.32 Å². The summed E-state index contributed by atoms with van der Waals surface area (Å²) >= 11 is 1.41. The van der Waals surface area contributed by atoms with E-state index in [0.717, 1.165) is 22.7 Å². The quantitative estimate of drug-likeness (QED) is 0.500. The van der Waals surface area contributed by atoms with Gasteiger partial charge >= 0.3 is 0 Å². The van der Waals surface area contributed by atoms with Gasteiger partial charge in [-0.05, 0) is 18.1 Å². The number of aromatic nitrogens is 4. The Labute approximate surface area is 173 Å². The lowest BCUT2D eigenvalue weighted by atomic mass is 10.1. The number of carbonyl (C=O) groups excluding carboxylic acids is 1. The van der Waals surface area contributed by atoms with E-state index in [2.05, 4.69) is 34.5 Å². The largest absolute Gasteiger partial charge is 0.296 e. The summed E-state index contributed by atoms with van der Waals surface area (Å²) in [7, 11) is 0. The molecule has 6 nitrogen and oxygen atoms in total. The molecular formula is C22H21N5OS. The number of rotatable bonds is 6. The minimum Gasteiger partial charge on any atom is -0.296 e. The number of anilines is 1. The predicted octanol–water partition coefficient (Wildman–Crippen LogP) is 4.84. The van der Waals surface area contributed by atoms with Crippen molar-refractivity contribution in [2.24, 2.45) is 5.92 Å². The van der Waals surface area contributed by atoms with Crippen LogP contribution in [0.25, 0.3) is 16.9 Å². The molecule has 4 aromatic rings. The van der Waals surface area contributed by atoms with Crippen LogP contribution in [-0.4, -0.2) is 25.9 Å². The average molecular weight is 404 g/mol. The summed E-state index contributed by atoms with van der Waals surface area (Å²) in [4.78, 5) is 13.1. The minimum absolute atomic E-state index is 0.252. The van der Waals surface area contributed by atoms with E-state index >= 15 is 0 Å². The Morgan fingerprint density at radius 2 is 1.72 bits per heavy atom.